The van der Waals surface area contributed by atoms with Crippen molar-refractivity contribution in [2.24, 2.45) is 0 Å². The Labute approximate surface area is 88.2 Å². The molecule has 14 heavy (non-hydrogen) atoms. The first-order valence-corrected chi connectivity index (χ1v) is 5.06. The molecule has 0 saturated heterocycles. The van der Waals surface area contributed by atoms with Gasteiger partial charge in [0.05, 0.1) is 10.6 Å². The molecule has 72 valence electrons. The van der Waals surface area contributed by atoms with Crippen molar-refractivity contribution in [1.82, 2.24) is 9.97 Å². The van der Waals surface area contributed by atoms with Crippen LogP contribution >= 0.6 is 23.6 Å². The molecule has 2 heterocycles. The third-order valence-electron chi connectivity index (χ3n) is 1.71. The van der Waals surface area contributed by atoms with Crippen LogP contribution in [-0.4, -0.2) is 21.0 Å². The first-order valence-electron chi connectivity index (χ1n) is 3.78. The van der Waals surface area contributed by atoms with Crippen LogP contribution in [-0.2, 0) is 0 Å². The van der Waals surface area contributed by atoms with Gasteiger partial charge in [0.2, 0.25) is 0 Å². The Morgan fingerprint density at radius 2 is 2.29 bits per heavy atom. The van der Waals surface area contributed by atoms with E-state index >= 15 is 0 Å². The Morgan fingerprint density at radius 1 is 1.50 bits per heavy atom. The summed E-state index contributed by atoms with van der Waals surface area (Å²) in [4.78, 5) is 17.1. The molecule has 0 radical (unpaired) electrons. The summed E-state index contributed by atoms with van der Waals surface area (Å²) in [5.41, 5.74) is 0.648. The fourth-order valence-corrected chi connectivity index (χ4v) is 2.09. The average molecular weight is 226 g/mol. The molecule has 0 aliphatic carbocycles. The lowest BCUT2D eigenvalue weighted by Crippen LogP contribution is -1.98. The van der Waals surface area contributed by atoms with Crippen LogP contribution in [0.25, 0.3) is 10.6 Å². The molecule has 0 spiro atoms. The molecule has 0 aliphatic heterocycles. The minimum Gasteiger partial charge on any atom is -0.477 e. The van der Waals surface area contributed by atoms with E-state index in [0.717, 1.165) is 4.88 Å². The van der Waals surface area contributed by atoms with Gasteiger partial charge >= 0.3 is 5.97 Å². The SMILES string of the molecule is O=C(O)c1[nH]c(=S)[nH]c1-c1cccs1. The normalized spacial score (nSPS) is 10.3. The van der Waals surface area contributed by atoms with E-state index in [-0.39, 0.29) is 5.69 Å². The van der Waals surface area contributed by atoms with Crippen LogP contribution in [0.3, 0.4) is 0 Å². The highest BCUT2D eigenvalue weighted by Crippen LogP contribution is 2.25. The maximum atomic E-state index is 10.8. The van der Waals surface area contributed by atoms with Crippen LogP contribution in [0, 0.1) is 4.77 Å². The quantitative estimate of drug-likeness (QED) is 0.689. The second kappa shape index (κ2) is 3.39. The Balaban J connectivity index is 2.63. The molecule has 0 saturated carbocycles. The molecule has 0 bridgehead atoms. The van der Waals surface area contributed by atoms with Gasteiger partial charge < -0.3 is 15.1 Å². The van der Waals surface area contributed by atoms with Gasteiger partial charge in [0.1, 0.15) is 0 Å². The minimum atomic E-state index is -1.01. The van der Waals surface area contributed by atoms with E-state index in [1.807, 2.05) is 17.5 Å². The lowest BCUT2D eigenvalue weighted by Gasteiger charge is -1.93. The third-order valence-corrected chi connectivity index (χ3v) is 2.80. The molecule has 3 N–H and O–H groups in total. The lowest BCUT2D eigenvalue weighted by atomic mass is 10.3. The highest BCUT2D eigenvalue weighted by molar-refractivity contribution is 7.71. The summed E-state index contributed by atoms with van der Waals surface area (Å²) in [6.07, 6.45) is 0. The van der Waals surface area contributed by atoms with Crippen LogP contribution in [0.5, 0.6) is 0 Å². The van der Waals surface area contributed by atoms with E-state index < -0.39 is 5.97 Å². The number of thiophene rings is 1. The molecule has 6 heteroatoms. The molecule has 0 unspecified atom stereocenters. The number of aromatic amines is 2. The van der Waals surface area contributed by atoms with Crippen molar-refractivity contribution in [2.75, 3.05) is 0 Å². The smallest absolute Gasteiger partial charge is 0.354 e. The molecular formula is C8H6N2O2S2. The summed E-state index contributed by atoms with van der Waals surface area (Å²) in [5, 5.41) is 10.8. The Kier molecular flexibility index (Phi) is 2.22. The topological polar surface area (TPSA) is 68.9 Å². The maximum Gasteiger partial charge on any atom is 0.354 e. The summed E-state index contributed by atoms with van der Waals surface area (Å²) >= 11 is 6.30. The van der Waals surface area contributed by atoms with Gasteiger partial charge in [0, 0.05) is 0 Å². The largest absolute Gasteiger partial charge is 0.477 e. The standard InChI is InChI=1S/C8H6N2O2S2/c11-7(12)6-5(9-8(13)10-6)4-2-1-3-14-4/h1-3H,(H,11,12)(H2,9,10,13). The van der Waals surface area contributed by atoms with Crippen molar-refractivity contribution in [3.05, 3.63) is 28.0 Å². The second-order valence-electron chi connectivity index (χ2n) is 2.61. The molecular weight excluding hydrogens is 220 g/mol. The molecule has 4 nitrogen and oxygen atoms in total. The molecule has 0 fully saturated rings. The monoisotopic (exact) mass is 226 g/mol. The zero-order valence-electron chi connectivity index (χ0n) is 6.90. The third kappa shape index (κ3) is 1.49. The molecule has 0 aliphatic rings. The maximum absolute atomic E-state index is 10.8. The summed E-state index contributed by atoms with van der Waals surface area (Å²) < 4.78 is 0.325. The van der Waals surface area contributed by atoms with Crippen molar-refractivity contribution >= 4 is 29.5 Å². The molecule has 0 amide bonds. The number of imidazole rings is 1. The lowest BCUT2D eigenvalue weighted by molar-refractivity contribution is 0.0692. The summed E-state index contributed by atoms with van der Waals surface area (Å²) in [7, 11) is 0. The zero-order valence-corrected chi connectivity index (χ0v) is 8.54. The van der Waals surface area contributed by atoms with Crippen molar-refractivity contribution in [3.8, 4) is 10.6 Å². The van der Waals surface area contributed by atoms with Gasteiger partial charge in [-0.15, -0.1) is 11.3 Å². The van der Waals surface area contributed by atoms with E-state index in [0.29, 0.717) is 10.5 Å². The molecule has 0 aromatic carbocycles. The Hall–Kier alpha value is -1.40. The zero-order chi connectivity index (χ0) is 10.1. The van der Waals surface area contributed by atoms with Crippen LogP contribution < -0.4 is 0 Å². The fraction of sp³-hybridized carbons (Fsp3) is 0. The van der Waals surface area contributed by atoms with Crippen LogP contribution in [0.2, 0.25) is 0 Å². The van der Waals surface area contributed by atoms with Gasteiger partial charge in [-0.2, -0.15) is 0 Å². The Morgan fingerprint density at radius 3 is 2.86 bits per heavy atom. The fourth-order valence-electron chi connectivity index (χ4n) is 1.15. The number of nitrogens with one attached hydrogen (secondary N) is 2. The van der Waals surface area contributed by atoms with Gasteiger partial charge in [-0.1, -0.05) is 6.07 Å². The van der Waals surface area contributed by atoms with Crippen molar-refractivity contribution in [3.63, 3.8) is 0 Å². The number of hydrogen-bond donors (Lipinski definition) is 3. The molecule has 2 aromatic heterocycles. The van der Waals surface area contributed by atoms with Crippen molar-refractivity contribution in [1.29, 1.82) is 0 Å². The van der Waals surface area contributed by atoms with E-state index in [1.165, 1.54) is 11.3 Å². The molecule has 2 aromatic rings. The minimum absolute atomic E-state index is 0.109. The average Bonchev–Trinajstić information content (AvgIpc) is 2.70. The van der Waals surface area contributed by atoms with E-state index in [9.17, 15) is 4.79 Å². The second-order valence-corrected chi connectivity index (χ2v) is 3.97. The van der Waals surface area contributed by atoms with E-state index in [2.05, 4.69) is 9.97 Å². The summed E-state index contributed by atoms with van der Waals surface area (Å²) in [6.45, 7) is 0. The van der Waals surface area contributed by atoms with Crippen molar-refractivity contribution in [2.45, 2.75) is 0 Å². The highest BCUT2D eigenvalue weighted by Gasteiger charge is 2.14. The number of carbonyl (C=O) groups is 1. The number of aromatic carboxylic acids is 1. The number of hydrogen-bond acceptors (Lipinski definition) is 3. The molecule has 2 rings (SSSR count). The predicted molar refractivity (Wildman–Crippen MR) is 56.2 cm³/mol. The number of aromatic nitrogens is 2. The van der Waals surface area contributed by atoms with Gasteiger partial charge in [0.25, 0.3) is 0 Å². The van der Waals surface area contributed by atoms with Gasteiger partial charge in [0.15, 0.2) is 10.5 Å². The Bertz CT molecular complexity index is 510. The van der Waals surface area contributed by atoms with Gasteiger partial charge in [-0.05, 0) is 23.7 Å². The number of rotatable bonds is 2. The van der Waals surface area contributed by atoms with E-state index in [1.54, 1.807) is 0 Å². The predicted octanol–water partition coefficient (Wildman–Crippen LogP) is 2.50. The molecule has 0 atom stereocenters. The highest BCUT2D eigenvalue weighted by atomic mass is 32.1. The van der Waals surface area contributed by atoms with Crippen LogP contribution in [0.4, 0.5) is 0 Å². The van der Waals surface area contributed by atoms with E-state index in [4.69, 9.17) is 17.3 Å². The van der Waals surface area contributed by atoms with Crippen molar-refractivity contribution < 1.29 is 9.90 Å². The van der Waals surface area contributed by atoms with Gasteiger partial charge in [-0.25, -0.2) is 4.79 Å². The first-order chi connectivity index (χ1) is 6.68. The number of H-pyrrole nitrogens is 2. The number of carboxylic acids is 1. The first kappa shape index (κ1) is 9.17. The van der Waals surface area contributed by atoms with Crippen LogP contribution in [0.15, 0.2) is 17.5 Å². The summed E-state index contributed by atoms with van der Waals surface area (Å²) in [6, 6.07) is 3.70. The van der Waals surface area contributed by atoms with Gasteiger partial charge in [-0.3, -0.25) is 0 Å². The van der Waals surface area contributed by atoms with Crippen LogP contribution in [0.1, 0.15) is 10.5 Å². The summed E-state index contributed by atoms with van der Waals surface area (Å²) in [5.74, 6) is -1.01. The number of carboxylic acid groups (broad SMARTS) is 1.